The molecule has 1 N–H and O–H groups in total. The van der Waals surface area contributed by atoms with E-state index >= 15 is 0 Å². The Labute approximate surface area is 101 Å². The fourth-order valence-electron chi connectivity index (χ4n) is 2.07. The van der Waals surface area contributed by atoms with Gasteiger partial charge in [0.05, 0.1) is 5.69 Å². The van der Waals surface area contributed by atoms with Crippen LogP contribution in [0, 0.1) is 0 Å². The van der Waals surface area contributed by atoms with Crippen molar-refractivity contribution in [2.75, 3.05) is 20.1 Å². The maximum Gasteiger partial charge on any atom is 0.151 e. The highest BCUT2D eigenvalue weighted by Crippen LogP contribution is 2.15. The Bertz CT molecular complexity index is 339. The molecular weight excluding hydrogens is 224 g/mol. The second kappa shape index (κ2) is 5.57. The molecule has 0 radical (unpaired) electrons. The Balaban J connectivity index is 1.96. The van der Waals surface area contributed by atoms with Crippen molar-refractivity contribution in [1.29, 1.82) is 0 Å². The average Bonchev–Trinajstić information content (AvgIpc) is 2.33. The van der Waals surface area contributed by atoms with Crippen molar-refractivity contribution in [3.63, 3.8) is 0 Å². The summed E-state index contributed by atoms with van der Waals surface area (Å²) in [7, 11) is 2.13. The number of hydrogen-bond acceptors (Lipinski definition) is 4. The van der Waals surface area contributed by atoms with Gasteiger partial charge >= 0.3 is 0 Å². The molecule has 0 aromatic carbocycles. The van der Waals surface area contributed by atoms with Crippen LogP contribution < -0.4 is 5.32 Å². The first-order chi connectivity index (χ1) is 7.77. The quantitative estimate of drug-likeness (QED) is 0.865. The molecule has 1 aliphatic rings. The molecule has 16 heavy (non-hydrogen) atoms. The van der Waals surface area contributed by atoms with Gasteiger partial charge in [-0.25, -0.2) is 4.98 Å². The van der Waals surface area contributed by atoms with Crippen LogP contribution in [0.25, 0.3) is 0 Å². The van der Waals surface area contributed by atoms with Crippen LogP contribution >= 0.6 is 11.6 Å². The van der Waals surface area contributed by atoms with Gasteiger partial charge in [-0.2, -0.15) is 0 Å². The van der Waals surface area contributed by atoms with Crippen LogP contribution in [0.3, 0.4) is 0 Å². The fourth-order valence-corrected chi connectivity index (χ4v) is 2.23. The smallest absolute Gasteiger partial charge is 0.151 e. The molecule has 88 valence electrons. The molecule has 0 bridgehead atoms. The molecule has 1 aliphatic heterocycles. The first-order valence-corrected chi connectivity index (χ1v) is 6.01. The van der Waals surface area contributed by atoms with Gasteiger partial charge in [-0.15, -0.1) is 0 Å². The first kappa shape index (κ1) is 11.8. The van der Waals surface area contributed by atoms with E-state index in [1.807, 2.05) is 0 Å². The molecule has 0 spiro atoms. The summed E-state index contributed by atoms with van der Waals surface area (Å²) in [6.07, 6.45) is 5.69. The zero-order chi connectivity index (χ0) is 11.4. The van der Waals surface area contributed by atoms with Gasteiger partial charge in [-0.3, -0.25) is 9.88 Å². The van der Waals surface area contributed by atoms with Crippen LogP contribution in [-0.2, 0) is 6.54 Å². The van der Waals surface area contributed by atoms with Crippen LogP contribution in [0.2, 0.25) is 5.15 Å². The van der Waals surface area contributed by atoms with Crippen molar-refractivity contribution in [1.82, 2.24) is 20.2 Å². The number of hydrogen-bond donors (Lipinski definition) is 1. The van der Waals surface area contributed by atoms with E-state index < -0.39 is 0 Å². The SMILES string of the molecule is CN(Cc1nccnc1Cl)C1CCNCC1. The number of halogens is 1. The molecule has 1 aromatic heterocycles. The van der Waals surface area contributed by atoms with Gasteiger partial charge in [-0.1, -0.05) is 11.6 Å². The van der Waals surface area contributed by atoms with E-state index in [9.17, 15) is 0 Å². The van der Waals surface area contributed by atoms with Crippen molar-refractivity contribution >= 4 is 11.6 Å². The van der Waals surface area contributed by atoms with E-state index in [1.165, 1.54) is 12.8 Å². The van der Waals surface area contributed by atoms with Gasteiger partial charge in [0.1, 0.15) is 0 Å². The summed E-state index contributed by atoms with van der Waals surface area (Å²) in [6, 6.07) is 0.624. The minimum atomic E-state index is 0.517. The lowest BCUT2D eigenvalue weighted by Crippen LogP contribution is -2.40. The monoisotopic (exact) mass is 240 g/mol. The Hall–Kier alpha value is -0.710. The van der Waals surface area contributed by atoms with Crippen molar-refractivity contribution < 1.29 is 0 Å². The lowest BCUT2D eigenvalue weighted by Gasteiger charge is -2.31. The zero-order valence-corrected chi connectivity index (χ0v) is 10.2. The Morgan fingerprint density at radius 3 is 2.75 bits per heavy atom. The first-order valence-electron chi connectivity index (χ1n) is 5.63. The summed E-state index contributed by atoms with van der Waals surface area (Å²) in [5, 5.41) is 3.88. The number of nitrogens with zero attached hydrogens (tertiary/aromatic N) is 3. The number of aromatic nitrogens is 2. The second-order valence-electron chi connectivity index (χ2n) is 4.19. The molecule has 1 aromatic rings. The molecule has 0 saturated carbocycles. The van der Waals surface area contributed by atoms with Gasteiger partial charge < -0.3 is 5.32 Å². The summed E-state index contributed by atoms with van der Waals surface area (Å²) >= 11 is 5.99. The van der Waals surface area contributed by atoms with Crippen molar-refractivity contribution in [2.45, 2.75) is 25.4 Å². The predicted octanol–water partition coefficient (Wildman–Crippen LogP) is 1.31. The summed E-state index contributed by atoms with van der Waals surface area (Å²) < 4.78 is 0. The third kappa shape index (κ3) is 2.90. The summed E-state index contributed by atoms with van der Waals surface area (Å²) in [5.74, 6) is 0. The van der Waals surface area contributed by atoms with E-state index in [0.717, 1.165) is 25.3 Å². The van der Waals surface area contributed by atoms with Gasteiger partial charge in [0, 0.05) is 25.0 Å². The molecule has 4 nitrogen and oxygen atoms in total. The molecule has 2 rings (SSSR count). The van der Waals surface area contributed by atoms with Crippen LogP contribution in [0.5, 0.6) is 0 Å². The lowest BCUT2D eigenvalue weighted by atomic mass is 10.1. The van der Waals surface area contributed by atoms with Gasteiger partial charge in [0.15, 0.2) is 5.15 Å². The van der Waals surface area contributed by atoms with E-state index in [0.29, 0.717) is 11.2 Å². The Kier molecular flexibility index (Phi) is 4.09. The van der Waals surface area contributed by atoms with Crippen LogP contribution in [0.1, 0.15) is 18.5 Å². The van der Waals surface area contributed by atoms with Gasteiger partial charge in [0.2, 0.25) is 0 Å². The van der Waals surface area contributed by atoms with Crippen molar-refractivity contribution in [2.24, 2.45) is 0 Å². The largest absolute Gasteiger partial charge is 0.317 e. The third-order valence-corrected chi connectivity index (χ3v) is 3.37. The molecule has 0 atom stereocenters. The maximum absolute atomic E-state index is 5.99. The Morgan fingerprint density at radius 1 is 1.38 bits per heavy atom. The normalized spacial score (nSPS) is 17.9. The number of piperidine rings is 1. The molecule has 0 unspecified atom stereocenters. The molecule has 1 fully saturated rings. The molecular formula is C11H17ClN4. The van der Waals surface area contributed by atoms with Crippen molar-refractivity contribution in [3.05, 3.63) is 23.2 Å². The highest BCUT2D eigenvalue weighted by atomic mass is 35.5. The molecule has 0 amide bonds. The van der Waals surface area contributed by atoms with E-state index in [1.54, 1.807) is 12.4 Å². The summed E-state index contributed by atoms with van der Waals surface area (Å²) in [4.78, 5) is 10.6. The van der Waals surface area contributed by atoms with Gasteiger partial charge in [0.25, 0.3) is 0 Å². The average molecular weight is 241 g/mol. The second-order valence-corrected chi connectivity index (χ2v) is 4.55. The predicted molar refractivity (Wildman–Crippen MR) is 64.4 cm³/mol. The molecule has 0 aliphatic carbocycles. The molecule has 5 heteroatoms. The van der Waals surface area contributed by atoms with Gasteiger partial charge in [-0.05, 0) is 33.0 Å². The van der Waals surface area contributed by atoms with Crippen molar-refractivity contribution in [3.8, 4) is 0 Å². The minimum absolute atomic E-state index is 0.517. The molecule has 1 saturated heterocycles. The highest BCUT2D eigenvalue weighted by molar-refractivity contribution is 6.29. The maximum atomic E-state index is 5.99. The van der Waals surface area contributed by atoms with Crippen LogP contribution in [0.15, 0.2) is 12.4 Å². The van der Waals surface area contributed by atoms with E-state index in [-0.39, 0.29) is 0 Å². The minimum Gasteiger partial charge on any atom is -0.317 e. The van der Waals surface area contributed by atoms with Crippen LogP contribution in [-0.4, -0.2) is 41.0 Å². The zero-order valence-electron chi connectivity index (χ0n) is 9.49. The lowest BCUT2D eigenvalue weighted by molar-refractivity contribution is 0.190. The van der Waals surface area contributed by atoms with Crippen LogP contribution in [0.4, 0.5) is 0 Å². The molecule has 2 heterocycles. The summed E-state index contributed by atoms with van der Waals surface area (Å²) in [5.41, 5.74) is 0.866. The van der Waals surface area contributed by atoms with E-state index in [2.05, 4.69) is 27.2 Å². The Morgan fingerprint density at radius 2 is 2.06 bits per heavy atom. The third-order valence-electron chi connectivity index (χ3n) is 3.05. The number of nitrogens with one attached hydrogen (secondary N) is 1. The highest BCUT2D eigenvalue weighted by Gasteiger charge is 2.18. The fraction of sp³-hybridized carbons (Fsp3) is 0.636. The topological polar surface area (TPSA) is 41.1 Å². The summed E-state index contributed by atoms with van der Waals surface area (Å²) in [6.45, 7) is 2.98. The van der Waals surface area contributed by atoms with E-state index in [4.69, 9.17) is 11.6 Å². The standard InChI is InChI=1S/C11H17ClN4/c1-16(9-2-4-13-5-3-9)8-10-11(12)15-7-6-14-10/h6-7,9,13H,2-5,8H2,1H3. The number of rotatable bonds is 3.